The normalized spacial score (nSPS) is 11.8. The molecule has 1 aromatic heterocycles. The quantitative estimate of drug-likeness (QED) is 0.885. The van der Waals surface area contributed by atoms with Gasteiger partial charge in [0.15, 0.2) is 0 Å². The molecule has 0 saturated carbocycles. The molecule has 1 heterocycles. The molecule has 0 spiro atoms. The van der Waals surface area contributed by atoms with Gasteiger partial charge in [0.1, 0.15) is 5.82 Å². The number of hydrogen-bond acceptors (Lipinski definition) is 4. The van der Waals surface area contributed by atoms with Gasteiger partial charge in [0.25, 0.3) is 0 Å². The standard InChI is InChI=1S/C14H16FNO3S2/c1-9-7-20-8-12(9)5-16-21(18,19)14-4-11(6-17)3-13(15)10(14)2/h3-4,7-8,16-17H,5-6H2,1-2H3. The van der Waals surface area contributed by atoms with Crippen LogP contribution in [-0.2, 0) is 23.2 Å². The lowest BCUT2D eigenvalue weighted by Crippen LogP contribution is -2.24. The Morgan fingerprint density at radius 1 is 1.29 bits per heavy atom. The van der Waals surface area contributed by atoms with Gasteiger partial charge >= 0.3 is 0 Å². The van der Waals surface area contributed by atoms with Crippen LogP contribution in [0.15, 0.2) is 27.8 Å². The summed E-state index contributed by atoms with van der Waals surface area (Å²) < 4.78 is 40.8. The molecular formula is C14H16FNO3S2. The SMILES string of the molecule is Cc1cscc1CNS(=O)(=O)c1cc(CO)cc(F)c1C. The van der Waals surface area contributed by atoms with E-state index in [0.29, 0.717) is 0 Å². The van der Waals surface area contributed by atoms with Gasteiger partial charge in [-0.3, -0.25) is 0 Å². The molecule has 0 aliphatic carbocycles. The molecule has 0 saturated heterocycles. The van der Waals surface area contributed by atoms with E-state index in [2.05, 4.69) is 4.72 Å². The van der Waals surface area contributed by atoms with Crippen LogP contribution in [0.3, 0.4) is 0 Å². The van der Waals surface area contributed by atoms with Gasteiger partial charge in [0.05, 0.1) is 11.5 Å². The Labute approximate surface area is 127 Å². The summed E-state index contributed by atoms with van der Waals surface area (Å²) in [6, 6.07) is 2.43. The minimum absolute atomic E-state index is 0.0433. The Bertz CT molecular complexity index is 754. The average Bonchev–Trinajstić information content (AvgIpc) is 2.84. The first-order chi connectivity index (χ1) is 9.85. The van der Waals surface area contributed by atoms with Gasteiger partial charge in [0, 0.05) is 12.1 Å². The lowest BCUT2D eigenvalue weighted by molar-refractivity contribution is 0.281. The Kier molecular flexibility index (Phi) is 4.77. The van der Waals surface area contributed by atoms with Gasteiger partial charge in [-0.1, -0.05) is 0 Å². The van der Waals surface area contributed by atoms with Crippen LogP contribution in [0.5, 0.6) is 0 Å². The number of aryl methyl sites for hydroxylation is 1. The zero-order chi connectivity index (χ0) is 15.6. The second-order valence-electron chi connectivity index (χ2n) is 4.76. The van der Waals surface area contributed by atoms with E-state index >= 15 is 0 Å². The van der Waals surface area contributed by atoms with Gasteiger partial charge in [-0.15, -0.1) is 0 Å². The van der Waals surface area contributed by atoms with Crippen molar-refractivity contribution < 1.29 is 17.9 Å². The third-order valence-electron chi connectivity index (χ3n) is 3.24. The Morgan fingerprint density at radius 3 is 2.57 bits per heavy atom. The summed E-state index contributed by atoms with van der Waals surface area (Å²) in [7, 11) is -3.84. The molecule has 2 rings (SSSR count). The van der Waals surface area contributed by atoms with Crippen LogP contribution in [0.1, 0.15) is 22.3 Å². The van der Waals surface area contributed by atoms with Crippen LogP contribution in [0, 0.1) is 19.7 Å². The third-order valence-corrected chi connectivity index (χ3v) is 5.68. The minimum Gasteiger partial charge on any atom is -0.392 e. The minimum atomic E-state index is -3.84. The molecule has 7 heteroatoms. The topological polar surface area (TPSA) is 66.4 Å². The van der Waals surface area contributed by atoms with Crippen LogP contribution >= 0.6 is 11.3 Å². The Morgan fingerprint density at radius 2 is 2.00 bits per heavy atom. The lowest BCUT2D eigenvalue weighted by Gasteiger charge is -2.11. The van der Waals surface area contributed by atoms with E-state index in [1.807, 2.05) is 17.7 Å². The maximum absolute atomic E-state index is 13.7. The maximum Gasteiger partial charge on any atom is 0.241 e. The van der Waals surface area contributed by atoms with Gasteiger partial charge in [-0.05, 0) is 53.4 Å². The van der Waals surface area contributed by atoms with E-state index < -0.39 is 22.4 Å². The zero-order valence-corrected chi connectivity index (χ0v) is 13.3. The molecule has 114 valence electrons. The van der Waals surface area contributed by atoms with Gasteiger partial charge in [-0.2, -0.15) is 11.3 Å². The predicted molar refractivity (Wildman–Crippen MR) is 80.1 cm³/mol. The molecule has 0 bridgehead atoms. The summed E-state index contributed by atoms with van der Waals surface area (Å²) in [6.45, 7) is 3.05. The second-order valence-corrected chi connectivity index (χ2v) is 7.24. The molecule has 4 nitrogen and oxygen atoms in total. The molecule has 2 aromatic rings. The molecule has 0 aliphatic heterocycles. The van der Waals surface area contributed by atoms with Gasteiger partial charge in [0.2, 0.25) is 10.0 Å². The number of aliphatic hydroxyl groups is 1. The van der Waals surface area contributed by atoms with Crippen molar-refractivity contribution in [3.63, 3.8) is 0 Å². The van der Waals surface area contributed by atoms with E-state index in [-0.39, 0.29) is 22.6 Å². The van der Waals surface area contributed by atoms with E-state index in [4.69, 9.17) is 5.11 Å². The molecule has 0 aliphatic rings. The summed E-state index contributed by atoms with van der Waals surface area (Å²) in [5, 5.41) is 12.9. The van der Waals surface area contributed by atoms with Crippen LogP contribution in [0.25, 0.3) is 0 Å². The number of benzene rings is 1. The molecular weight excluding hydrogens is 313 g/mol. The predicted octanol–water partition coefficient (Wildman–Crippen LogP) is 2.47. The first kappa shape index (κ1) is 16.1. The smallest absolute Gasteiger partial charge is 0.241 e. The van der Waals surface area contributed by atoms with Crippen molar-refractivity contribution in [2.75, 3.05) is 0 Å². The molecule has 0 atom stereocenters. The number of aliphatic hydroxyl groups excluding tert-OH is 1. The van der Waals surface area contributed by atoms with Crippen molar-refractivity contribution in [1.82, 2.24) is 4.72 Å². The second kappa shape index (κ2) is 6.23. The number of sulfonamides is 1. The van der Waals surface area contributed by atoms with Crippen molar-refractivity contribution in [1.29, 1.82) is 0 Å². The highest BCUT2D eigenvalue weighted by Crippen LogP contribution is 2.21. The summed E-state index contributed by atoms with van der Waals surface area (Å²) in [5.41, 5.74) is 2.17. The monoisotopic (exact) mass is 329 g/mol. The molecule has 0 unspecified atom stereocenters. The Hall–Kier alpha value is -1.28. The first-order valence-corrected chi connectivity index (χ1v) is 8.69. The number of halogens is 1. The molecule has 0 fully saturated rings. The van der Waals surface area contributed by atoms with Crippen LogP contribution in [-0.4, -0.2) is 13.5 Å². The van der Waals surface area contributed by atoms with Crippen molar-refractivity contribution in [3.05, 3.63) is 51.0 Å². The van der Waals surface area contributed by atoms with Crippen molar-refractivity contribution in [2.24, 2.45) is 0 Å². The van der Waals surface area contributed by atoms with E-state index in [0.717, 1.165) is 17.2 Å². The molecule has 1 aromatic carbocycles. The van der Waals surface area contributed by atoms with Crippen molar-refractivity contribution >= 4 is 21.4 Å². The van der Waals surface area contributed by atoms with Gasteiger partial charge in [-0.25, -0.2) is 17.5 Å². The van der Waals surface area contributed by atoms with E-state index in [1.165, 1.54) is 24.3 Å². The van der Waals surface area contributed by atoms with Crippen molar-refractivity contribution in [2.45, 2.75) is 31.9 Å². The average molecular weight is 329 g/mol. The lowest BCUT2D eigenvalue weighted by atomic mass is 10.1. The highest BCUT2D eigenvalue weighted by Gasteiger charge is 2.20. The third kappa shape index (κ3) is 3.49. The Balaban J connectivity index is 2.31. The van der Waals surface area contributed by atoms with Gasteiger partial charge < -0.3 is 5.11 Å². The zero-order valence-electron chi connectivity index (χ0n) is 11.7. The molecule has 21 heavy (non-hydrogen) atoms. The highest BCUT2D eigenvalue weighted by atomic mass is 32.2. The number of nitrogens with one attached hydrogen (secondary N) is 1. The molecule has 2 N–H and O–H groups in total. The maximum atomic E-state index is 13.7. The fourth-order valence-electron chi connectivity index (χ4n) is 1.90. The van der Waals surface area contributed by atoms with E-state index in [1.54, 1.807) is 0 Å². The van der Waals surface area contributed by atoms with E-state index in [9.17, 15) is 12.8 Å². The molecule has 0 radical (unpaired) electrons. The highest BCUT2D eigenvalue weighted by molar-refractivity contribution is 7.89. The van der Waals surface area contributed by atoms with Crippen LogP contribution in [0.4, 0.5) is 4.39 Å². The number of rotatable bonds is 5. The molecule has 0 amide bonds. The fraction of sp³-hybridized carbons (Fsp3) is 0.286. The number of hydrogen-bond donors (Lipinski definition) is 2. The van der Waals surface area contributed by atoms with Crippen LogP contribution < -0.4 is 4.72 Å². The summed E-state index contributed by atoms with van der Waals surface area (Å²) in [4.78, 5) is -0.139. The summed E-state index contributed by atoms with van der Waals surface area (Å²) in [5.74, 6) is -0.645. The largest absolute Gasteiger partial charge is 0.392 e. The summed E-state index contributed by atoms with van der Waals surface area (Å²) >= 11 is 1.50. The van der Waals surface area contributed by atoms with Crippen molar-refractivity contribution in [3.8, 4) is 0 Å². The fourth-order valence-corrected chi connectivity index (χ4v) is 4.06. The van der Waals surface area contributed by atoms with Crippen LogP contribution in [0.2, 0.25) is 0 Å². The number of thiophene rings is 1. The first-order valence-electron chi connectivity index (χ1n) is 6.26. The summed E-state index contributed by atoms with van der Waals surface area (Å²) in [6.07, 6.45) is 0.